The Balaban J connectivity index is 1.78. The van der Waals surface area contributed by atoms with Crippen LogP contribution in [0.3, 0.4) is 0 Å². The molecule has 1 saturated heterocycles. The molecule has 0 saturated carbocycles. The van der Waals surface area contributed by atoms with Crippen LogP contribution in [-0.2, 0) is 11.3 Å². The van der Waals surface area contributed by atoms with Crippen LogP contribution in [0.25, 0.3) is 0 Å². The van der Waals surface area contributed by atoms with Gasteiger partial charge in [-0.1, -0.05) is 0 Å². The summed E-state index contributed by atoms with van der Waals surface area (Å²) in [6, 6.07) is 0. The molecule has 2 heterocycles. The lowest BCUT2D eigenvalue weighted by Crippen LogP contribution is -2.37. The summed E-state index contributed by atoms with van der Waals surface area (Å²) in [6.45, 7) is 4.51. The summed E-state index contributed by atoms with van der Waals surface area (Å²) in [7, 11) is 0. The zero-order chi connectivity index (χ0) is 11.4. The van der Waals surface area contributed by atoms with Gasteiger partial charge in [0, 0.05) is 17.0 Å². The van der Waals surface area contributed by atoms with Gasteiger partial charge in [0.05, 0.1) is 11.6 Å². The fourth-order valence-electron chi connectivity index (χ4n) is 1.89. The number of hydrogen-bond donors (Lipinski definition) is 2. The fourth-order valence-corrected chi connectivity index (χ4v) is 2.62. The number of thiazole rings is 1. The Hall–Kier alpha value is -0.940. The Kier molecular flexibility index (Phi) is 3.90. The smallest absolute Gasteiger partial charge is 0.223 e. The Morgan fingerprint density at radius 1 is 1.62 bits per heavy atom. The second-order valence-corrected chi connectivity index (χ2v) is 5.41. The molecule has 88 valence electrons. The number of aryl methyl sites for hydroxylation is 1. The van der Waals surface area contributed by atoms with E-state index in [9.17, 15) is 4.79 Å². The number of piperidine rings is 1. The highest BCUT2D eigenvalue weighted by Crippen LogP contribution is 2.14. The van der Waals surface area contributed by atoms with Gasteiger partial charge in [-0.15, -0.1) is 11.3 Å². The Labute approximate surface area is 99.5 Å². The number of carbonyl (C=O) groups is 1. The minimum Gasteiger partial charge on any atom is -0.351 e. The summed E-state index contributed by atoms with van der Waals surface area (Å²) in [5, 5.41) is 7.29. The molecule has 1 aliphatic rings. The molecule has 0 aromatic carbocycles. The van der Waals surface area contributed by atoms with Crippen LogP contribution in [0.15, 0.2) is 6.20 Å². The molecule has 5 heteroatoms. The number of amides is 1. The summed E-state index contributed by atoms with van der Waals surface area (Å²) < 4.78 is 0. The van der Waals surface area contributed by atoms with Crippen molar-refractivity contribution < 1.29 is 4.79 Å². The van der Waals surface area contributed by atoms with Crippen molar-refractivity contribution in [1.29, 1.82) is 0 Å². The number of nitrogens with zero attached hydrogens (tertiary/aromatic N) is 1. The van der Waals surface area contributed by atoms with Crippen molar-refractivity contribution in [2.45, 2.75) is 26.3 Å². The molecule has 0 aliphatic carbocycles. The summed E-state index contributed by atoms with van der Waals surface area (Å²) in [5.74, 6) is 0.378. The van der Waals surface area contributed by atoms with E-state index in [2.05, 4.69) is 15.6 Å². The van der Waals surface area contributed by atoms with E-state index in [1.165, 1.54) is 0 Å². The minimum atomic E-state index is 0.188. The monoisotopic (exact) mass is 239 g/mol. The third kappa shape index (κ3) is 3.02. The second kappa shape index (κ2) is 5.41. The number of hydrogen-bond acceptors (Lipinski definition) is 4. The molecule has 16 heavy (non-hydrogen) atoms. The molecule has 4 nitrogen and oxygen atoms in total. The summed E-state index contributed by atoms with van der Waals surface area (Å²) in [6.07, 6.45) is 3.74. The summed E-state index contributed by atoms with van der Waals surface area (Å²) >= 11 is 1.64. The van der Waals surface area contributed by atoms with E-state index in [1.54, 1.807) is 11.3 Å². The van der Waals surface area contributed by atoms with Gasteiger partial charge in [0.25, 0.3) is 0 Å². The van der Waals surface area contributed by atoms with E-state index in [0.29, 0.717) is 6.54 Å². The average Bonchev–Trinajstić information content (AvgIpc) is 2.73. The van der Waals surface area contributed by atoms with Gasteiger partial charge in [0.15, 0.2) is 0 Å². The van der Waals surface area contributed by atoms with Crippen LogP contribution in [-0.4, -0.2) is 24.0 Å². The average molecular weight is 239 g/mol. The molecule has 1 aromatic heterocycles. The lowest BCUT2D eigenvalue weighted by atomic mass is 9.97. The van der Waals surface area contributed by atoms with Crippen molar-refractivity contribution in [3.8, 4) is 0 Å². The van der Waals surface area contributed by atoms with Crippen LogP contribution in [0.4, 0.5) is 0 Å². The lowest BCUT2D eigenvalue weighted by Gasteiger charge is -2.21. The third-order valence-corrected chi connectivity index (χ3v) is 3.73. The van der Waals surface area contributed by atoms with Gasteiger partial charge in [0.2, 0.25) is 5.91 Å². The highest BCUT2D eigenvalue weighted by molar-refractivity contribution is 7.11. The molecule has 2 N–H and O–H groups in total. The minimum absolute atomic E-state index is 0.188. The normalized spacial score (nSPS) is 17.3. The Bertz CT molecular complexity index is 358. The molecule has 2 rings (SSSR count). The van der Waals surface area contributed by atoms with E-state index in [4.69, 9.17) is 0 Å². The highest BCUT2D eigenvalue weighted by atomic mass is 32.1. The largest absolute Gasteiger partial charge is 0.351 e. The van der Waals surface area contributed by atoms with Gasteiger partial charge in [-0.3, -0.25) is 4.79 Å². The molecule has 1 aliphatic heterocycles. The van der Waals surface area contributed by atoms with Crippen LogP contribution < -0.4 is 10.6 Å². The van der Waals surface area contributed by atoms with Crippen molar-refractivity contribution in [3.05, 3.63) is 16.1 Å². The predicted molar refractivity (Wildman–Crippen MR) is 64.3 cm³/mol. The lowest BCUT2D eigenvalue weighted by molar-refractivity contribution is -0.125. The van der Waals surface area contributed by atoms with Crippen molar-refractivity contribution in [2.75, 3.05) is 13.1 Å². The Morgan fingerprint density at radius 3 is 3.00 bits per heavy atom. The van der Waals surface area contributed by atoms with Crippen LogP contribution >= 0.6 is 11.3 Å². The quantitative estimate of drug-likeness (QED) is 0.829. The molecule has 0 bridgehead atoms. The summed E-state index contributed by atoms with van der Waals surface area (Å²) in [5.41, 5.74) is 0. The number of rotatable bonds is 3. The molecule has 0 unspecified atom stereocenters. The number of nitrogens with one attached hydrogen (secondary N) is 2. The molecular weight excluding hydrogens is 222 g/mol. The summed E-state index contributed by atoms with van der Waals surface area (Å²) in [4.78, 5) is 17.1. The van der Waals surface area contributed by atoms with E-state index >= 15 is 0 Å². The zero-order valence-corrected chi connectivity index (χ0v) is 10.3. The molecular formula is C11H17N3OS. The van der Waals surface area contributed by atoms with Gasteiger partial charge < -0.3 is 10.6 Å². The van der Waals surface area contributed by atoms with Crippen molar-refractivity contribution in [1.82, 2.24) is 15.6 Å². The molecule has 0 spiro atoms. The maximum Gasteiger partial charge on any atom is 0.223 e. The maximum absolute atomic E-state index is 11.8. The molecule has 1 amide bonds. The first kappa shape index (κ1) is 11.5. The van der Waals surface area contributed by atoms with Gasteiger partial charge in [-0.25, -0.2) is 4.98 Å². The van der Waals surface area contributed by atoms with E-state index in [-0.39, 0.29) is 11.8 Å². The standard InChI is InChI=1S/C11H17N3OS/c1-8-13-6-10(16-8)7-14-11(15)9-2-4-12-5-3-9/h6,9,12H,2-5,7H2,1H3,(H,14,15). The Morgan fingerprint density at radius 2 is 2.38 bits per heavy atom. The highest BCUT2D eigenvalue weighted by Gasteiger charge is 2.20. The van der Waals surface area contributed by atoms with Crippen molar-refractivity contribution in [3.63, 3.8) is 0 Å². The first-order valence-corrected chi connectivity index (χ1v) is 6.47. The molecule has 1 fully saturated rings. The van der Waals surface area contributed by atoms with E-state index < -0.39 is 0 Å². The van der Waals surface area contributed by atoms with E-state index in [0.717, 1.165) is 35.8 Å². The topological polar surface area (TPSA) is 54.0 Å². The third-order valence-electron chi connectivity index (χ3n) is 2.82. The van der Waals surface area contributed by atoms with E-state index in [1.807, 2.05) is 13.1 Å². The first-order chi connectivity index (χ1) is 7.75. The van der Waals surface area contributed by atoms with Gasteiger partial charge in [-0.05, 0) is 32.9 Å². The molecule has 0 atom stereocenters. The number of carbonyl (C=O) groups excluding carboxylic acids is 1. The van der Waals surface area contributed by atoms with Gasteiger partial charge in [0.1, 0.15) is 0 Å². The van der Waals surface area contributed by atoms with Crippen molar-refractivity contribution in [2.24, 2.45) is 5.92 Å². The fraction of sp³-hybridized carbons (Fsp3) is 0.636. The zero-order valence-electron chi connectivity index (χ0n) is 9.45. The van der Waals surface area contributed by atoms with Crippen LogP contribution in [0.2, 0.25) is 0 Å². The maximum atomic E-state index is 11.8. The van der Waals surface area contributed by atoms with Gasteiger partial charge in [-0.2, -0.15) is 0 Å². The van der Waals surface area contributed by atoms with Crippen molar-refractivity contribution >= 4 is 17.2 Å². The SMILES string of the molecule is Cc1ncc(CNC(=O)C2CCNCC2)s1. The van der Waals surface area contributed by atoms with Crippen LogP contribution in [0.1, 0.15) is 22.7 Å². The predicted octanol–water partition coefficient (Wildman–Crippen LogP) is 1.07. The van der Waals surface area contributed by atoms with Gasteiger partial charge >= 0.3 is 0 Å². The number of aromatic nitrogens is 1. The molecule has 0 radical (unpaired) electrons. The first-order valence-electron chi connectivity index (χ1n) is 5.65. The molecule has 1 aromatic rings. The second-order valence-electron chi connectivity index (χ2n) is 4.09. The van der Waals surface area contributed by atoms with Crippen LogP contribution in [0.5, 0.6) is 0 Å². The van der Waals surface area contributed by atoms with Crippen LogP contribution in [0, 0.1) is 12.8 Å².